The number of aliphatic hydroxyl groups is 1. The molecule has 0 spiro atoms. The standard InChI is InChI=1S/C21H28FN3O3.HI/c1-4-23-21(24-10-9-15-7-5-6-8-19(15)22)25-14-20(26)16-11-17(27-2)13-18(12-16)28-3;/h5-8,11-13,20,26H,4,9-10,14H2,1-3H3,(H2,23,24,25);1H. The molecule has 2 aromatic carbocycles. The lowest BCUT2D eigenvalue weighted by Crippen LogP contribution is -2.38. The first-order valence-corrected chi connectivity index (χ1v) is 9.24. The van der Waals surface area contributed by atoms with Crippen molar-refractivity contribution in [2.24, 2.45) is 4.99 Å². The predicted molar refractivity (Wildman–Crippen MR) is 124 cm³/mol. The molecule has 0 aliphatic rings. The molecule has 0 saturated heterocycles. The number of hydrogen-bond acceptors (Lipinski definition) is 4. The highest BCUT2D eigenvalue weighted by molar-refractivity contribution is 14.0. The van der Waals surface area contributed by atoms with E-state index < -0.39 is 6.10 Å². The van der Waals surface area contributed by atoms with Crippen LogP contribution in [-0.4, -0.2) is 44.9 Å². The Morgan fingerprint density at radius 2 is 1.76 bits per heavy atom. The molecule has 0 aliphatic carbocycles. The van der Waals surface area contributed by atoms with Crippen LogP contribution in [0.5, 0.6) is 11.5 Å². The Morgan fingerprint density at radius 3 is 2.34 bits per heavy atom. The second kappa shape index (κ2) is 13.2. The van der Waals surface area contributed by atoms with Gasteiger partial charge in [0.25, 0.3) is 0 Å². The van der Waals surface area contributed by atoms with Crippen LogP contribution in [0.1, 0.15) is 24.2 Å². The molecular formula is C21H29FIN3O3. The lowest BCUT2D eigenvalue weighted by Gasteiger charge is -2.15. The molecule has 1 atom stereocenters. The van der Waals surface area contributed by atoms with E-state index in [0.29, 0.717) is 48.1 Å². The summed E-state index contributed by atoms with van der Waals surface area (Å²) >= 11 is 0. The number of rotatable bonds is 9. The fraction of sp³-hybridized carbons (Fsp3) is 0.381. The summed E-state index contributed by atoms with van der Waals surface area (Å²) in [6.07, 6.45) is -0.279. The number of ether oxygens (including phenoxy) is 2. The first kappa shape index (κ1) is 25.0. The summed E-state index contributed by atoms with van der Waals surface area (Å²) in [6.45, 7) is 3.31. The molecule has 0 aromatic heterocycles. The van der Waals surface area contributed by atoms with Gasteiger partial charge in [-0.3, -0.25) is 4.99 Å². The predicted octanol–water partition coefficient (Wildman–Crippen LogP) is 3.29. The number of halogens is 2. The van der Waals surface area contributed by atoms with Crippen LogP contribution in [-0.2, 0) is 6.42 Å². The Morgan fingerprint density at radius 1 is 1.10 bits per heavy atom. The molecule has 8 heteroatoms. The van der Waals surface area contributed by atoms with Gasteiger partial charge in [0.15, 0.2) is 5.96 Å². The maximum atomic E-state index is 13.7. The molecule has 160 valence electrons. The van der Waals surface area contributed by atoms with Crippen LogP contribution < -0.4 is 20.1 Å². The Labute approximate surface area is 188 Å². The van der Waals surface area contributed by atoms with Gasteiger partial charge in [0.05, 0.1) is 26.9 Å². The first-order valence-electron chi connectivity index (χ1n) is 9.24. The van der Waals surface area contributed by atoms with Crippen molar-refractivity contribution in [3.05, 3.63) is 59.4 Å². The molecule has 0 radical (unpaired) electrons. The summed E-state index contributed by atoms with van der Waals surface area (Å²) in [7, 11) is 3.12. The quantitative estimate of drug-likeness (QED) is 0.271. The number of hydrogen-bond donors (Lipinski definition) is 3. The van der Waals surface area contributed by atoms with Crippen molar-refractivity contribution >= 4 is 29.9 Å². The van der Waals surface area contributed by atoms with Crippen LogP contribution >= 0.6 is 24.0 Å². The van der Waals surface area contributed by atoms with Gasteiger partial charge in [-0.1, -0.05) is 18.2 Å². The van der Waals surface area contributed by atoms with Gasteiger partial charge < -0.3 is 25.2 Å². The van der Waals surface area contributed by atoms with Crippen molar-refractivity contribution in [2.75, 3.05) is 33.9 Å². The number of aliphatic hydroxyl groups excluding tert-OH is 1. The van der Waals surface area contributed by atoms with Crippen LogP contribution in [0.15, 0.2) is 47.5 Å². The Hall–Kier alpha value is -2.07. The van der Waals surface area contributed by atoms with Crippen LogP contribution in [0, 0.1) is 5.82 Å². The van der Waals surface area contributed by atoms with Gasteiger partial charge >= 0.3 is 0 Å². The van der Waals surface area contributed by atoms with E-state index in [-0.39, 0.29) is 36.3 Å². The number of methoxy groups -OCH3 is 2. The van der Waals surface area contributed by atoms with Crippen molar-refractivity contribution in [3.63, 3.8) is 0 Å². The number of aliphatic imine (C=N–C) groups is 1. The van der Waals surface area contributed by atoms with Gasteiger partial charge in [-0.15, -0.1) is 24.0 Å². The largest absolute Gasteiger partial charge is 0.497 e. The van der Waals surface area contributed by atoms with E-state index in [2.05, 4.69) is 15.6 Å². The number of guanidine groups is 1. The highest BCUT2D eigenvalue weighted by Crippen LogP contribution is 2.26. The summed E-state index contributed by atoms with van der Waals surface area (Å²) in [4.78, 5) is 4.42. The highest BCUT2D eigenvalue weighted by Gasteiger charge is 2.11. The Balaban J connectivity index is 0.00000420. The summed E-state index contributed by atoms with van der Waals surface area (Å²) < 4.78 is 24.2. The summed E-state index contributed by atoms with van der Waals surface area (Å²) in [5, 5.41) is 16.8. The van der Waals surface area contributed by atoms with Crippen LogP contribution in [0.3, 0.4) is 0 Å². The second-order valence-corrected chi connectivity index (χ2v) is 6.15. The highest BCUT2D eigenvalue weighted by atomic mass is 127. The molecule has 0 heterocycles. The van der Waals surface area contributed by atoms with Crippen molar-refractivity contribution in [1.82, 2.24) is 10.6 Å². The molecule has 2 rings (SSSR count). The van der Waals surface area contributed by atoms with Gasteiger partial charge in [0, 0.05) is 19.2 Å². The minimum Gasteiger partial charge on any atom is -0.497 e. The monoisotopic (exact) mass is 517 g/mol. The topological polar surface area (TPSA) is 75.1 Å². The normalized spacial score (nSPS) is 12.0. The van der Waals surface area contributed by atoms with Gasteiger partial charge in [-0.2, -0.15) is 0 Å². The van der Waals surface area contributed by atoms with E-state index in [1.165, 1.54) is 6.07 Å². The van der Waals surface area contributed by atoms with E-state index >= 15 is 0 Å². The van der Waals surface area contributed by atoms with Gasteiger partial charge in [0.1, 0.15) is 17.3 Å². The minimum absolute atomic E-state index is 0. The fourth-order valence-corrected chi connectivity index (χ4v) is 2.66. The number of benzene rings is 2. The van der Waals surface area contributed by atoms with E-state index in [9.17, 15) is 9.50 Å². The van der Waals surface area contributed by atoms with Crippen molar-refractivity contribution in [2.45, 2.75) is 19.4 Å². The second-order valence-electron chi connectivity index (χ2n) is 6.15. The Kier molecular flexibility index (Phi) is 11.4. The molecule has 3 N–H and O–H groups in total. The van der Waals surface area contributed by atoms with Crippen LogP contribution in [0.4, 0.5) is 4.39 Å². The fourth-order valence-electron chi connectivity index (χ4n) is 2.66. The smallest absolute Gasteiger partial charge is 0.191 e. The third kappa shape index (κ3) is 8.06. The summed E-state index contributed by atoms with van der Waals surface area (Å²) in [5.41, 5.74) is 1.30. The number of nitrogens with zero attached hydrogens (tertiary/aromatic N) is 1. The zero-order valence-electron chi connectivity index (χ0n) is 16.9. The molecule has 6 nitrogen and oxygen atoms in total. The minimum atomic E-state index is -0.814. The van der Waals surface area contributed by atoms with E-state index in [1.807, 2.05) is 13.0 Å². The van der Waals surface area contributed by atoms with E-state index in [4.69, 9.17) is 9.47 Å². The zero-order valence-corrected chi connectivity index (χ0v) is 19.3. The average molecular weight is 517 g/mol. The first-order chi connectivity index (χ1) is 13.6. The van der Waals surface area contributed by atoms with Crippen LogP contribution in [0.25, 0.3) is 0 Å². The lowest BCUT2D eigenvalue weighted by molar-refractivity contribution is 0.186. The molecule has 1 unspecified atom stereocenters. The van der Waals surface area contributed by atoms with Crippen molar-refractivity contribution in [3.8, 4) is 11.5 Å². The van der Waals surface area contributed by atoms with Gasteiger partial charge in [0.2, 0.25) is 0 Å². The molecule has 0 saturated carbocycles. The third-order valence-corrected chi connectivity index (χ3v) is 4.17. The molecule has 0 fully saturated rings. The summed E-state index contributed by atoms with van der Waals surface area (Å²) in [5.74, 6) is 1.56. The molecule has 0 bridgehead atoms. The maximum Gasteiger partial charge on any atom is 0.191 e. The molecule has 29 heavy (non-hydrogen) atoms. The van der Waals surface area contributed by atoms with Gasteiger partial charge in [-0.05, 0) is 42.7 Å². The summed E-state index contributed by atoms with van der Waals surface area (Å²) in [6, 6.07) is 12.0. The molecule has 0 aliphatic heterocycles. The van der Waals surface area contributed by atoms with Gasteiger partial charge in [-0.25, -0.2) is 4.39 Å². The molecule has 2 aromatic rings. The third-order valence-electron chi connectivity index (χ3n) is 4.17. The maximum absolute atomic E-state index is 13.7. The van der Waals surface area contributed by atoms with E-state index in [1.54, 1.807) is 44.6 Å². The molecular weight excluding hydrogens is 488 g/mol. The lowest BCUT2D eigenvalue weighted by atomic mass is 10.1. The van der Waals surface area contributed by atoms with Crippen molar-refractivity contribution in [1.29, 1.82) is 0 Å². The molecule has 0 amide bonds. The SMILES string of the molecule is CCNC(=NCC(O)c1cc(OC)cc(OC)c1)NCCc1ccccc1F.I. The van der Waals surface area contributed by atoms with Crippen LogP contribution in [0.2, 0.25) is 0 Å². The Bertz CT molecular complexity index is 767. The van der Waals surface area contributed by atoms with Crippen molar-refractivity contribution < 1.29 is 19.0 Å². The zero-order chi connectivity index (χ0) is 20.4. The van der Waals surface area contributed by atoms with E-state index in [0.717, 1.165) is 0 Å². The number of nitrogens with one attached hydrogen (secondary N) is 2. The average Bonchev–Trinajstić information content (AvgIpc) is 2.72.